The van der Waals surface area contributed by atoms with Crippen LogP contribution < -0.4 is 11.3 Å². The number of aromatic amines is 1. The fourth-order valence-electron chi connectivity index (χ4n) is 2.24. The van der Waals surface area contributed by atoms with Gasteiger partial charge in [0.2, 0.25) is 0 Å². The van der Waals surface area contributed by atoms with E-state index in [0.29, 0.717) is 12.1 Å². The number of hydrogen-bond acceptors (Lipinski definition) is 3. The van der Waals surface area contributed by atoms with E-state index >= 15 is 0 Å². The van der Waals surface area contributed by atoms with Crippen LogP contribution >= 0.6 is 0 Å². The zero-order valence-corrected chi connectivity index (χ0v) is 10.9. The molecule has 0 saturated carbocycles. The van der Waals surface area contributed by atoms with Crippen molar-refractivity contribution in [2.24, 2.45) is 7.05 Å². The van der Waals surface area contributed by atoms with Gasteiger partial charge in [-0.15, -0.1) is 0 Å². The van der Waals surface area contributed by atoms with Crippen LogP contribution in [0.3, 0.4) is 0 Å². The summed E-state index contributed by atoms with van der Waals surface area (Å²) in [5.41, 5.74) is 8.90. The van der Waals surface area contributed by atoms with Gasteiger partial charge < -0.3 is 15.3 Å². The Morgan fingerprint density at radius 2 is 2.17 bits per heavy atom. The first-order valence-electron chi connectivity index (χ1n) is 6.00. The van der Waals surface area contributed by atoms with Gasteiger partial charge in [-0.25, -0.2) is 4.98 Å². The van der Waals surface area contributed by atoms with Crippen LogP contribution in [0, 0.1) is 6.92 Å². The minimum Gasteiger partial charge on any atom is -0.394 e. The second-order valence-corrected chi connectivity index (χ2v) is 4.43. The first kappa shape index (κ1) is 12.4. The van der Waals surface area contributed by atoms with Crippen LogP contribution in [-0.4, -0.2) is 14.5 Å². The Hall–Kier alpha value is -2.04. The molecule has 0 fully saturated rings. The number of nitrogen functional groups attached to an aromatic ring is 1. The summed E-state index contributed by atoms with van der Waals surface area (Å²) in [4.78, 5) is 18.8. The largest absolute Gasteiger partial charge is 0.394 e. The van der Waals surface area contributed by atoms with Gasteiger partial charge in [0.15, 0.2) is 0 Å². The van der Waals surface area contributed by atoms with Gasteiger partial charge in [0.1, 0.15) is 11.5 Å². The van der Waals surface area contributed by atoms with Crippen molar-refractivity contribution in [3.63, 3.8) is 0 Å². The van der Waals surface area contributed by atoms with Gasteiger partial charge in [-0.1, -0.05) is 6.92 Å². The predicted molar refractivity (Wildman–Crippen MR) is 71.6 cm³/mol. The molecule has 0 aliphatic heterocycles. The molecule has 0 aliphatic carbocycles. The molecule has 0 atom stereocenters. The van der Waals surface area contributed by atoms with E-state index in [1.54, 1.807) is 6.20 Å². The van der Waals surface area contributed by atoms with Crippen LogP contribution in [0.2, 0.25) is 0 Å². The third-order valence-corrected chi connectivity index (χ3v) is 3.30. The molecule has 96 valence electrons. The smallest absolute Gasteiger partial charge is 0.271 e. The highest BCUT2D eigenvalue weighted by molar-refractivity contribution is 5.51. The molecule has 18 heavy (non-hydrogen) atoms. The minimum atomic E-state index is -0.214. The summed E-state index contributed by atoms with van der Waals surface area (Å²) in [6.45, 7) is 3.96. The van der Waals surface area contributed by atoms with Gasteiger partial charge in [-0.3, -0.25) is 4.79 Å². The maximum absolute atomic E-state index is 11.7. The molecule has 2 heterocycles. The number of hydrogen-bond donors (Lipinski definition) is 2. The lowest BCUT2D eigenvalue weighted by atomic mass is 9.99. The van der Waals surface area contributed by atoms with Gasteiger partial charge in [0.25, 0.3) is 5.56 Å². The second kappa shape index (κ2) is 4.68. The average molecular weight is 246 g/mol. The summed E-state index contributed by atoms with van der Waals surface area (Å²) in [5.74, 6) is 0.904. The molecule has 0 spiro atoms. The number of anilines is 1. The summed E-state index contributed by atoms with van der Waals surface area (Å²) >= 11 is 0. The Labute approximate surface area is 106 Å². The molecule has 0 aromatic carbocycles. The summed E-state index contributed by atoms with van der Waals surface area (Å²) in [6.07, 6.45) is 5.06. The van der Waals surface area contributed by atoms with Gasteiger partial charge in [-0.05, 0) is 24.5 Å². The van der Waals surface area contributed by atoms with Crippen LogP contribution in [0.25, 0.3) is 0 Å². The molecule has 2 aromatic rings. The number of aromatic nitrogens is 3. The number of rotatable bonds is 3. The van der Waals surface area contributed by atoms with Crippen molar-refractivity contribution in [3.8, 4) is 0 Å². The van der Waals surface area contributed by atoms with E-state index in [1.165, 1.54) is 0 Å². The summed E-state index contributed by atoms with van der Waals surface area (Å²) in [5, 5.41) is 0. The van der Waals surface area contributed by atoms with E-state index < -0.39 is 0 Å². The zero-order valence-electron chi connectivity index (χ0n) is 10.9. The maximum Gasteiger partial charge on any atom is 0.271 e. The molecular formula is C13H18N4O. The monoisotopic (exact) mass is 246 g/mol. The first-order valence-corrected chi connectivity index (χ1v) is 6.00. The highest BCUT2D eigenvalue weighted by Crippen LogP contribution is 2.19. The van der Waals surface area contributed by atoms with Crippen LogP contribution in [0.1, 0.15) is 29.6 Å². The molecule has 0 amide bonds. The molecule has 5 nitrogen and oxygen atoms in total. The van der Waals surface area contributed by atoms with Crippen molar-refractivity contribution >= 4 is 5.69 Å². The number of H-pyrrole nitrogens is 1. The highest BCUT2D eigenvalue weighted by Gasteiger charge is 2.14. The Bertz CT molecular complexity index is 624. The normalized spacial score (nSPS) is 10.8. The molecule has 2 rings (SSSR count). The summed E-state index contributed by atoms with van der Waals surface area (Å²) in [7, 11) is 1.93. The van der Waals surface area contributed by atoms with E-state index in [4.69, 9.17) is 5.73 Å². The molecule has 0 aliphatic rings. The lowest BCUT2D eigenvalue weighted by Crippen LogP contribution is -2.19. The molecule has 0 bridgehead atoms. The van der Waals surface area contributed by atoms with Gasteiger partial charge >= 0.3 is 0 Å². The minimum absolute atomic E-state index is 0.214. The van der Waals surface area contributed by atoms with Crippen LogP contribution in [0.4, 0.5) is 5.69 Å². The number of aryl methyl sites for hydroxylation is 2. The number of nitrogens with two attached hydrogens (primary N) is 1. The van der Waals surface area contributed by atoms with Crippen molar-refractivity contribution < 1.29 is 0 Å². The van der Waals surface area contributed by atoms with E-state index in [-0.39, 0.29) is 5.56 Å². The molecule has 5 heteroatoms. The molecule has 0 radical (unpaired) electrons. The average Bonchev–Trinajstić information content (AvgIpc) is 2.72. The molecular weight excluding hydrogens is 228 g/mol. The number of pyridine rings is 1. The van der Waals surface area contributed by atoms with Gasteiger partial charge in [0, 0.05) is 31.6 Å². The SMILES string of the molecule is CCc1c(C)[nH]c(=O)c(N)c1Cc1nccn1C. The molecule has 0 saturated heterocycles. The van der Waals surface area contributed by atoms with Crippen molar-refractivity contribution in [1.82, 2.24) is 14.5 Å². The van der Waals surface area contributed by atoms with Crippen molar-refractivity contribution in [3.05, 3.63) is 45.4 Å². The predicted octanol–water partition coefficient (Wildman–Crippen LogP) is 1.15. The first-order chi connectivity index (χ1) is 8.54. The number of nitrogens with zero attached hydrogens (tertiary/aromatic N) is 2. The lowest BCUT2D eigenvalue weighted by molar-refractivity contribution is 0.814. The Morgan fingerprint density at radius 1 is 1.44 bits per heavy atom. The Balaban J connectivity index is 2.56. The molecule has 3 N–H and O–H groups in total. The van der Waals surface area contributed by atoms with E-state index in [0.717, 1.165) is 29.1 Å². The third-order valence-electron chi connectivity index (χ3n) is 3.30. The van der Waals surface area contributed by atoms with Gasteiger partial charge in [-0.2, -0.15) is 0 Å². The topological polar surface area (TPSA) is 76.7 Å². The fourth-order valence-corrected chi connectivity index (χ4v) is 2.24. The zero-order chi connectivity index (χ0) is 13.3. The van der Waals surface area contributed by atoms with Crippen molar-refractivity contribution in [2.75, 3.05) is 5.73 Å². The second-order valence-electron chi connectivity index (χ2n) is 4.43. The fraction of sp³-hybridized carbons (Fsp3) is 0.385. The molecule has 0 unspecified atom stereocenters. The number of nitrogens with one attached hydrogen (secondary N) is 1. The van der Waals surface area contributed by atoms with E-state index in [1.807, 2.05) is 24.7 Å². The van der Waals surface area contributed by atoms with Crippen LogP contribution in [-0.2, 0) is 19.9 Å². The standard InChI is InChI=1S/C13H18N4O/c1-4-9-8(2)16-13(18)12(14)10(9)7-11-15-5-6-17(11)3/h5-6H,4,7,14H2,1-3H3,(H,16,18). The summed E-state index contributed by atoms with van der Waals surface area (Å²) in [6, 6.07) is 0. The van der Waals surface area contributed by atoms with Gasteiger partial charge in [0.05, 0.1) is 0 Å². The van der Waals surface area contributed by atoms with E-state index in [9.17, 15) is 4.79 Å². The highest BCUT2D eigenvalue weighted by atomic mass is 16.1. The Kier molecular flexibility index (Phi) is 3.23. The lowest BCUT2D eigenvalue weighted by Gasteiger charge is -2.13. The Morgan fingerprint density at radius 3 is 2.72 bits per heavy atom. The van der Waals surface area contributed by atoms with Crippen LogP contribution in [0.5, 0.6) is 0 Å². The third kappa shape index (κ3) is 2.03. The number of imidazole rings is 1. The van der Waals surface area contributed by atoms with E-state index in [2.05, 4.69) is 16.9 Å². The van der Waals surface area contributed by atoms with Crippen molar-refractivity contribution in [2.45, 2.75) is 26.7 Å². The molecule has 2 aromatic heterocycles. The van der Waals surface area contributed by atoms with Crippen molar-refractivity contribution in [1.29, 1.82) is 0 Å². The summed E-state index contributed by atoms with van der Waals surface area (Å²) < 4.78 is 1.94. The maximum atomic E-state index is 11.7. The quantitative estimate of drug-likeness (QED) is 0.853. The van der Waals surface area contributed by atoms with Crippen LogP contribution in [0.15, 0.2) is 17.2 Å².